The van der Waals surface area contributed by atoms with Crippen molar-refractivity contribution in [2.75, 3.05) is 19.5 Å². The monoisotopic (exact) mass is 419 g/mol. The van der Waals surface area contributed by atoms with Gasteiger partial charge >= 0.3 is 0 Å². The Balaban J connectivity index is 2.01. The van der Waals surface area contributed by atoms with Crippen LogP contribution in [0.25, 0.3) is 0 Å². The fourth-order valence-electron chi connectivity index (χ4n) is 2.30. The molecule has 2 aromatic carbocycles. The number of hydrazone groups is 1. The van der Waals surface area contributed by atoms with Crippen molar-refractivity contribution in [3.63, 3.8) is 0 Å². The van der Waals surface area contributed by atoms with Gasteiger partial charge in [0.15, 0.2) is 0 Å². The summed E-state index contributed by atoms with van der Waals surface area (Å²) in [5.41, 5.74) is 5.25. The minimum atomic E-state index is -0.432. The SMILES string of the molecule is COc1cc(OC)c(/C=N\NC(=O)[C@@H](C)Nc2cccc(C)c2)cc1Br. The van der Waals surface area contributed by atoms with Gasteiger partial charge in [-0.1, -0.05) is 12.1 Å². The standard InChI is InChI=1S/C19H22BrN3O3/c1-12-6-5-7-15(8-12)22-13(2)19(24)23-21-11-14-9-16(20)18(26-4)10-17(14)25-3/h5-11,13,22H,1-4H3,(H,23,24)/b21-11-/t13-/m1/s1. The first-order valence-electron chi connectivity index (χ1n) is 8.02. The largest absolute Gasteiger partial charge is 0.496 e. The van der Waals surface area contributed by atoms with Gasteiger partial charge in [0.25, 0.3) is 5.91 Å². The highest BCUT2D eigenvalue weighted by molar-refractivity contribution is 9.10. The molecule has 7 heteroatoms. The summed E-state index contributed by atoms with van der Waals surface area (Å²) in [5.74, 6) is 1.00. The molecule has 0 heterocycles. The molecule has 0 saturated carbocycles. The van der Waals surface area contributed by atoms with E-state index in [1.807, 2.05) is 37.3 Å². The minimum Gasteiger partial charge on any atom is -0.496 e. The molecule has 1 amide bonds. The maximum atomic E-state index is 12.2. The van der Waals surface area contributed by atoms with E-state index in [-0.39, 0.29) is 5.91 Å². The normalized spacial score (nSPS) is 11.9. The average Bonchev–Trinajstić information content (AvgIpc) is 2.61. The van der Waals surface area contributed by atoms with Crippen LogP contribution in [-0.2, 0) is 4.79 Å². The smallest absolute Gasteiger partial charge is 0.262 e. The van der Waals surface area contributed by atoms with Crippen LogP contribution < -0.4 is 20.2 Å². The molecule has 0 aliphatic carbocycles. The fraction of sp³-hybridized carbons (Fsp3) is 0.263. The Hall–Kier alpha value is -2.54. The lowest BCUT2D eigenvalue weighted by atomic mass is 10.2. The Labute approximate surface area is 161 Å². The third kappa shape index (κ3) is 5.23. The van der Waals surface area contributed by atoms with Crippen LogP contribution in [0.15, 0.2) is 46.0 Å². The van der Waals surface area contributed by atoms with Gasteiger partial charge in [-0.15, -0.1) is 0 Å². The molecule has 6 nitrogen and oxygen atoms in total. The molecule has 1 atom stereocenters. The molecule has 0 fully saturated rings. The van der Waals surface area contributed by atoms with Crippen molar-refractivity contribution in [1.82, 2.24) is 5.43 Å². The molecule has 138 valence electrons. The summed E-state index contributed by atoms with van der Waals surface area (Å²) in [6.45, 7) is 3.78. The molecule has 0 radical (unpaired) electrons. The third-order valence-electron chi connectivity index (χ3n) is 3.68. The van der Waals surface area contributed by atoms with E-state index in [2.05, 4.69) is 31.8 Å². The maximum Gasteiger partial charge on any atom is 0.262 e. The molecule has 0 aliphatic rings. The number of benzene rings is 2. The van der Waals surface area contributed by atoms with Gasteiger partial charge in [0.1, 0.15) is 17.5 Å². The van der Waals surface area contributed by atoms with Gasteiger partial charge < -0.3 is 14.8 Å². The number of nitrogens with one attached hydrogen (secondary N) is 2. The van der Waals surface area contributed by atoms with Gasteiger partial charge in [0.2, 0.25) is 0 Å². The summed E-state index contributed by atoms with van der Waals surface area (Å²) < 4.78 is 11.3. The maximum absolute atomic E-state index is 12.2. The van der Waals surface area contributed by atoms with Crippen LogP contribution >= 0.6 is 15.9 Å². The van der Waals surface area contributed by atoms with Crippen molar-refractivity contribution in [1.29, 1.82) is 0 Å². The molecule has 0 aromatic heterocycles. The van der Waals surface area contributed by atoms with Crippen molar-refractivity contribution in [3.05, 3.63) is 52.0 Å². The highest BCUT2D eigenvalue weighted by Gasteiger charge is 2.12. The van der Waals surface area contributed by atoms with Gasteiger partial charge in [-0.05, 0) is 53.5 Å². The van der Waals surface area contributed by atoms with Crippen molar-refractivity contribution in [2.45, 2.75) is 19.9 Å². The van der Waals surface area contributed by atoms with Crippen LogP contribution in [0.1, 0.15) is 18.1 Å². The zero-order chi connectivity index (χ0) is 19.1. The van der Waals surface area contributed by atoms with Crippen molar-refractivity contribution >= 4 is 33.7 Å². The van der Waals surface area contributed by atoms with Crippen LogP contribution in [0.5, 0.6) is 11.5 Å². The summed E-state index contributed by atoms with van der Waals surface area (Å²) in [6, 6.07) is 11.0. The Morgan fingerprint density at radius 1 is 1.19 bits per heavy atom. The fourth-order valence-corrected chi connectivity index (χ4v) is 2.82. The second-order valence-electron chi connectivity index (χ2n) is 5.70. The van der Waals surface area contributed by atoms with Gasteiger partial charge in [-0.3, -0.25) is 4.79 Å². The first kappa shape index (κ1) is 19.8. The molecule has 26 heavy (non-hydrogen) atoms. The molecular weight excluding hydrogens is 398 g/mol. The van der Waals surface area contributed by atoms with Crippen LogP contribution in [0.2, 0.25) is 0 Å². The second-order valence-corrected chi connectivity index (χ2v) is 6.55. The van der Waals surface area contributed by atoms with Gasteiger partial charge in [-0.2, -0.15) is 5.10 Å². The number of rotatable bonds is 7. The molecule has 0 unspecified atom stereocenters. The predicted octanol–water partition coefficient (Wildman–Crippen LogP) is 3.73. The lowest BCUT2D eigenvalue weighted by Gasteiger charge is -2.14. The van der Waals surface area contributed by atoms with Gasteiger partial charge in [0.05, 0.1) is 24.9 Å². The number of aryl methyl sites for hydroxylation is 1. The number of nitrogens with zero attached hydrogens (tertiary/aromatic N) is 1. The molecule has 2 N–H and O–H groups in total. The lowest BCUT2D eigenvalue weighted by Crippen LogP contribution is -2.34. The highest BCUT2D eigenvalue weighted by Crippen LogP contribution is 2.31. The van der Waals surface area contributed by atoms with E-state index in [1.54, 1.807) is 27.2 Å². The number of hydrogen-bond acceptors (Lipinski definition) is 5. The Morgan fingerprint density at radius 2 is 1.92 bits per heavy atom. The van der Waals surface area contributed by atoms with E-state index < -0.39 is 6.04 Å². The second kappa shape index (κ2) is 9.24. The number of carbonyl (C=O) groups is 1. The summed E-state index contributed by atoms with van der Waals surface area (Å²) in [6.07, 6.45) is 1.53. The summed E-state index contributed by atoms with van der Waals surface area (Å²) in [7, 11) is 3.14. The van der Waals surface area contributed by atoms with Gasteiger partial charge in [-0.25, -0.2) is 5.43 Å². The van der Waals surface area contributed by atoms with E-state index in [9.17, 15) is 4.79 Å². The number of anilines is 1. The minimum absolute atomic E-state index is 0.241. The van der Waals surface area contributed by atoms with Crippen LogP contribution in [-0.4, -0.2) is 32.4 Å². The molecule has 0 spiro atoms. The van der Waals surface area contributed by atoms with Gasteiger partial charge in [0, 0.05) is 17.3 Å². The molecule has 2 rings (SSSR count). The average molecular weight is 420 g/mol. The molecule has 2 aromatic rings. The van der Waals surface area contributed by atoms with E-state index >= 15 is 0 Å². The van der Waals surface area contributed by atoms with E-state index in [0.717, 1.165) is 15.7 Å². The summed E-state index contributed by atoms with van der Waals surface area (Å²) in [5, 5.41) is 7.16. The number of amides is 1. The van der Waals surface area contributed by atoms with Crippen molar-refractivity contribution in [2.24, 2.45) is 5.10 Å². The third-order valence-corrected chi connectivity index (χ3v) is 4.30. The molecule has 0 aliphatic heterocycles. The Kier molecular flexibility index (Phi) is 7.03. The number of methoxy groups -OCH3 is 2. The first-order valence-corrected chi connectivity index (χ1v) is 8.81. The first-order chi connectivity index (χ1) is 12.4. The number of hydrogen-bond donors (Lipinski definition) is 2. The topological polar surface area (TPSA) is 72.0 Å². The van der Waals surface area contributed by atoms with Crippen LogP contribution in [0, 0.1) is 6.92 Å². The summed E-state index contributed by atoms with van der Waals surface area (Å²) in [4.78, 5) is 12.2. The zero-order valence-corrected chi connectivity index (χ0v) is 16.8. The van der Waals surface area contributed by atoms with Crippen LogP contribution in [0.4, 0.5) is 5.69 Å². The number of ether oxygens (including phenoxy) is 2. The Morgan fingerprint density at radius 3 is 2.58 bits per heavy atom. The molecule has 0 saturated heterocycles. The Bertz CT molecular complexity index is 809. The quantitative estimate of drug-likeness (QED) is 0.529. The van der Waals surface area contributed by atoms with E-state index in [4.69, 9.17) is 9.47 Å². The summed E-state index contributed by atoms with van der Waals surface area (Å²) >= 11 is 3.42. The number of carbonyl (C=O) groups excluding carboxylic acids is 1. The molecule has 0 bridgehead atoms. The van der Waals surface area contributed by atoms with E-state index in [1.165, 1.54) is 6.21 Å². The van der Waals surface area contributed by atoms with Crippen LogP contribution in [0.3, 0.4) is 0 Å². The van der Waals surface area contributed by atoms with Crippen molar-refractivity contribution < 1.29 is 14.3 Å². The van der Waals surface area contributed by atoms with Crippen molar-refractivity contribution in [3.8, 4) is 11.5 Å². The lowest BCUT2D eigenvalue weighted by molar-refractivity contribution is -0.121. The van der Waals surface area contributed by atoms with E-state index in [0.29, 0.717) is 17.1 Å². The highest BCUT2D eigenvalue weighted by atomic mass is 79.9. The zero-order valence-electron chi connectivity index (χ0n) is 15.2. The number of halogens is 1. The molecular formula is C19H22BrN3O3. The predicted molar refractivity (Wildman–Crippen MR) is 107 cm³/mol.